The van der Waals surface area contributed by atoms with E-state index in [0.29, 0.717) is 12.8 Å². The Morgan fingerprint density at radius 1 is 0.434 bits per heavy atom. The van der Waals surface area contributed by atoms with Crippen molar-refractivity contribution in [1.82, 2.24) is 5.32 Å². The fourth-order valence-electron chi connectivity index (χ4n) is 7.77. The Hall–Kier alpha value is -0.870. The summed E-state index contributed by atoms with van der Waals surface area (Å²) < 4.78 is 0. The number of nitrogens with one attached hydrogen (secondary N) is 1. The van der Waals surface area contributed by atoms with E-state index in [0.717, 1.165) is 25.7 Å². The molecule has 0 radical (unpaired) electrons. The second-order valence-electron chi connectivity index (χ2n) is 16.9. The summed E-state index contributed by atoms with van der Waals surface area (Å²) in [7, 11) is 0. The molecule has 0 aliphatic carbocycles. The van der Waals surface area contributed by atoms with Crippen LogP contribution in [0.1, 0.15) is 277 Å². The first-order chi connectivity index (χ1) is 26.2. The van der Waals surface area contributed by atoms with Crippen molar-refractivity contribution in [2.45, 2.75) is 289 Å². The summed E-state index contributed by atoms with van der Waals surface area (Å²) in [6.45, 7) is 4.38. The molecule has 4 heteroatoms. The van der Waals surface area contributed by atoms with Gasteiger partial charge in [-0.2, -0.15) is 0 Å². The molecule has 3 N–H and O–H groups in total. The molecule has 316 valence electrons. The molecule has 4 nitrogen and oxygen atoms in total. The van der Waals surface area contributed by atoms with Gasteiger partial charge in [0.15, 0.2) is 0 Å². The average molecular weight is 748 g/mol. The standard InChI is InChI=1S/C49H97NO3/c1-3-5-7-9-11-13-15-17-18-19-20-21-22-23-24-25-26-27-28-29-30-31-33-35-37-39-41-43-45-49(53)50-47(46-51)48(52)44-42-40-38-36-34-32-16-14-12-10-8-6-4-2/h23-24,47-48,51-52H,3-22,25-46H2,1-2H3,(H,50,53)/b24-23-. The van der Waals surface area contributed by atoms with Crippen LogP contribution in [0.4, 0.5) is 0 Å². The Morgan fingerprint density at radius 2 is 0.717 bits per heavy atom. The molecule has 0 aromatic carbocycles. The molecule has 0 saturated heterocycles. The maximum Gasteiger partial charge on any atom is 0.220 e. The average Bonchev–Trinajstić information content (AvgIpc) is 3.16. The predicted octanol–water partition coefficient (Wildman–Crippen LogP) is 15.4. The van der Waals surface area contributed by atoms with Crippen molar-refractivity contribution in [3.05, 3.63) is 12.2 Å². The lowest BCUT2D eigenvalue weighted by Crippen LogP contribution is -2.45. The number of carbonyl (C=O) groups is 1. The molecule has 1 amide bonds. The summed E-state index contributed by atoms with van der Waals surface area (Å²) in [5.41, 5.74) is 0. The highest BCUT2D eigenvalue weighted by Crippen LogP contribution is 2.17. The lowest BCUT2D eigenvalue weighted by molar-refractivity contribution is -0.123. The normalized spacial score (nSPS) is 12.9. The number of hydrogen-bond acceptors (Lipinski definition) is 3. The van der Waals surface area contributed by atoms with Crippen molar-refractivity contribution < 1.29 is 15.0 Å². The number of hydrogen-bond donors (Lipinski definition) is 3. The van der Waals surface area contributed by atoms with Crippen LogP contribution in [0.2, 0.25) is 0 Å². The van der Waals surface area contributed by atoms with Crippen LogP contribution in [0.25, 0.3) is 0 Å². The Balaban J connectivity index is 3.42. The number of allylic oxidation sites excluding steroid dienone is 2. The van der Waals surface area contributed by atoms with Crippen LogP contribution in [0.5, 0.6) is 0 Å². The van der Waals surface area contributed by atoms with E-state index in [4.69, 9.17) is 0 Å². The smallest absolute Gasteiger partial charge is 0.220 e. The van der Waals surface area contributed by atoms with E-state index in [9.17, 15) is 15.0 Å². The highest BCUT2D eigenvalue weighted by Gasteiger charge is 2.20. The third-order valence-corrected chi connectivity index (χ3v) is 11.5. The van der Waals surface area contributed by atoms with Gasteiger partial charge in [-0.3, -0.25) is 4.79 Å². The van der Waals surface area contributed by atoms with Gasteiger partial charge in [0.1, 0.15) is 0 Å². The van der Waals surface area contributed by atoms with Crippen LogP contribution in [0.15, 0.2) is 12.2 Å². The van der Waals surface area contributed by atoms with Gasteiger partial charge >= 0.3 is 0 Å². The lowest BCUT2D eigenvalue weighted by Gasteiger charge is -2.22. The molecule has 0 rings (SSSR count). The van der Waals surface area contributed by atoms with Crippen molar-refractivity contribution in [3.8, 4) is 0 Å². The van der Waals surface area contributed by atoms with Crippen molar-refractivity contribution in [1.29, 1.82) is 0 Å². The van der Waals surface area contributed by atoms with Crippen LogP contribution < -0.4 is 5.32 Å². The van der Waals surface area contributed by atoms with Crippen molar-refractivity contribution in [3.63, 3.8) is 0 Å². The second-order valence-corrected chi connectivity index (χ2v) is 16.9. The predicted molar refractivity (Wildman–Crippen MR) is 235 cm³/mol. The number of rotatable bonds is 45. The molecule has 0 fully saturated rings. The molecule has 53 heavy (non-hydrogen) atoms. The van der Waals surface area contributed by atoms with Gasteiger partial charge in [-0.1, -0.05) is 244 Å². The van der Waals surface area contributed by atoms with Gasteiger partial charge in [-0.05, 0) is 38.5 Å². The Labute approximate surface area is 333 Å². The Morgan fingerprint density at radius 3 is 1.04 bits per heavy atom. The van der Waals surface area contributed by atoms with Gasteiger partial charge < -0.3 is 15.5 Å². The number of carbonyl (C=O) groups excluding carboxylic acids is 1. The number of unbranched alkanes of at least 4 members (excludes halogenated alkanes) is 36. The largest absolute Gasteiger partial charge is 0.394 e. The zero-order valence-electron chi connectivity index (χ0n) is 36.3. The van der Waals surface area contributed by atoms with E-state index < -0.39 is 12.1 Å². The molecule has 0 aliphatic heterocycles. The van der Waals surface area contributed by atoms with E-state index in [1.165, 1.54) is 225 Å². The highest BCUT2D eigenvalue weighted by molar-refractivity contribution is 5.76. The second kappa shape index (κ2) is 45.5. The number of aliphatic hydroxyl groups excluding tert-OH is 2. The van der Waals surface area contributed by atoms with E-state index >= 15 is 0 Å². The summed E-state index contributed by atoms with van der Waals surface area (Å²) in [5.74, 6) is -0.0284. The van der Waals surface area contributed by atoms with E-state index in [-0.39, 0.29) is 12.5 Å². The third-order valence-electron chi connectivity index (χ3n) is 11.5. The minimum absolute atomic E-state index is 0.0284. The SMILES string of the molecule is CCCCCCCCCCCCCC/C=C\CCCCCCCCCCCCCCC(=O)NC(CO)C(O)CCCCCCCCCCCCCCC. The van der Waals surface area contributed by atoms with Gasteiger partial charge in [-0.25, -0.2) is 0 Å². The van der Waals surface area contributed by atoms with Gasteiger partial charge in [0.05, 0.1) is 18.8 Å². The van der Waals surface area contributed by atoms with E-state index in [1.807, 2.05) is 0 Å². The molecule has 0 aromatic rings. The van der Waals surface area contributed by atoms with Gasteiger partial charge in [0, 0.05) is 6.42 Å². The summed E-state index contributed by atoms with van der Waals surface area (Å²) in [6.07, 6.45) is 57.4. The number of amides is 1. The van der Waals surface area contributed by atoms with E-state index in [2.05, 4.69) is 31.3 Å². The van der Waals surface area contributed by atoms with Gasteiger partial charge in [-0.15, -0.1) is 0 Å². The molecule has 0 saturated carbocycles. The van der Waals surface area contributed by atoms with Crippen LogP contribution in [0.3, 0.4) is 0 Å². The fourth-order valence-corrected chi connectivity index (χ4v) is 7.77. The first-order valence-corrected chi connectivity index (χ1v) is 24.4. The topological polar surface area (TPSA) is 69.6 Å². The molecule has 0 bridgehead atoms. The third kappa shape index (κ3) is 42.1. The Bertz CT molecular complexity index is 725. The fraction of sp³-hybridized carbons (Fsp3) is 0.939. The minimum atomic E-state index is -0.655. The zero-order valence-corrected chi connectivity index (χ0v) is 36.3. The van der Waals surface area contributed by atoms with Crippen LogP contribution in [-0.4, -0.2) is 34.9 Å². The molecular formula is C49H97NO3. The van der Waals surface area contributed by atoms with Crippen LogP contribution in [-0.2, 0) is 4.79 Å². The maximum absolute atomic E-state index is 12.4. The Kier molecular flexibility index (Phi) is 44.8. The zero-order chi connectivity index (χ0) is 38.6. The van der Waals surface area contributed by atoms with Crippen molar-refractivity contribution in [2.24, 2.45) is 0 Å². The quantitative estimate of drug-likeness (QED) is 0.0429. The first kappa shape index (κ1) is 52.1. The molecule has 2 unspecified atom stereocenters. The maximum atomic E-state index is 12.4. The van der Waals surface area contributed by atoms with E-state index in [1.54, 1.807) is 0 Å². The molecule has 0 heterocycles. The summed E-state index contributed by atoms with van der Waals surface area (Å²) in [5, 5.41) is 23.2. The summed E-state index contributed by atoms with van der Waals surface area (Å²) >= 11 is 0. The highest BCUT2D eigenvalue weighted by atomic mass is 16.3. The van der Waals surface area contributed by atoms with Gasteiger partial charge in [0.25, 0.3) is 0 Å². The van der Waals surface area contributed by atoms with Crippen LogP contribution >= 0.6 is 0 Å². The summed E-state index contributed by atoms with van der Waals surface area (Å²) in [6, 6.07) is -0.532. The van der Waals surface area contributed by atoms with Crippen molar-refractivity contribution in [2.75, 3.05) is 6.61 Å². The van der Waals surface area contributed by atoms with Crippen LogP contribution in [0, 0.1) is 0 Å². The molecule has 0 spiro atoms. The molecule has 0 aromatic heterocycles. The monoisotopic (exact) mass is 748 g/mol. The number of aliphatic hydroxyl groups is 2. The molecular weight excluding hydrogens is 651 g/mol. The van der Waals surface area contributed by atoms with Gasteiger partial charge in [0.2, 0.25) is 5.91 Å². The molecule has 2 atom stereocenters. The minimum Gasteiger partial charge on any atom is -0.394 e. The summed E-state index contributed by atoms with van der Waals surface area (Å²) in [4.78, 5) is 12.4. The van der Waals surface area contributed by atoms with Crippen molar-refractivity contribution >= 4 is 5.91 Å². The lowest BCUT2D eigenvalue weighted by atomic mass is 10.0. The molecule has 0 aliphatic rings. The first-order valence-electron chi connectivity index (χ1n) is 24.4.